The van der Waals surface area contributed by atoms with E-state index < -0.39 is 19.7 Å². The Hall–Kier alpha value is -4.91. The van der Waals surface area contributed by atoms with E-state index in [1.54, 1.807) is 84.7 Å². The van der Waals surface area contributed by atoms with Gasteiger partial charge in [0, 0.05) is 31.3 Å². The monoisotopic (exact) mass is 744 g/mol. The number of imidazole rings is 2. The van der Waals surface area contributed by atoms with Crippen LogP contribution < -0.4 is 0 Å². The van der Waals surface area contributed by atoms with Crippen LogP contribution in [0.3, 0.4) is 0 Å². The molecule has 0 saturated heterocycles. The summed E-state index contributed by atoms with van der Waals surface area (Å²) >= 11 is 0. The first-order chi connectivity index (χ1) is 23.8. The van der Waals surface area contributed by atoms with Gasteiger partial charge in [0.05, 0.1) is 33.6 Å². The summed E-state index contributed by atoms with van der Waals surface area (Å²) in [6, 6.07) is 25.2. The van der Waals surface area contributed by atoms with Crippen LogP contribution in [0.2, 0.25) is 0 Å². The number of aromatic nitrogens is 4. The highest BCUT2D eigenvalue weighted by Crippen LogP contribution is 2.35. The lowest BCUT2D eigenvalue weighted by atomic mass is 9.94. The molecule has 0 aliphatic carbocycles. The van der Waals surface area contributed by atoms with Gasteiger partial charge in [0.25, 0.3) is 0 Å². The third-order valence-corrected chi connectivity index (χ3v) is 12.8. The second-order valence-corrected chi connectivity index (χ2v) is 16.3. The second kappa shape index (κ2) is 15.8. The predicted molar refractivity (Wildman–Crippen MR) is 203 cm³/mol. The van der Waals surface area contributed by atoms with Crippen LogP contribution in [-0.4, -0.2) is 47.7 Å². The largest absolute Gasteiger partial charge is 0.396 e. The average molecular weight is 745 g/mol. The maximum absolute atomic E-state index is 12.9. The highest BCUT2D eigenvalue weighted by molar-refractivity contribution is 7.91. The molecule has 7 rings (SSSR count). The Balaban J connectivity index is 0.000000225. The lowest BCUT2D eigenvalue weighted by molar-refractivity contribution is 0.299. The van der Waals surface area contributed by atoms with Crippen LogP contribution >= 0.6 is 0 Å². The molecule has 0 radical (unpaired) electrons. The summed E-state index contributed by atoms with van der Waals surface area (Å²) in [6.07, 6.45) is 4.59. The Bertz CT molecular complexity index is 2420. The lowest BCUT2D eigenvalue weighted by Gasteiger charge is -2.21. The molecule has 0 amide bonds. The second-order valence-electron chi connectivity index (χ2n) is 12.6. The van der Waals surface area contributed by atoms with Crippen molar-refractivity contribution in [2.45, 2.75) is 74.6 Å². The zero-order valence-electron chi connectivity index (χ0n) is 29.2. The summed E-state index contributed by atoms with van der Waals surface area (Å²) in [6.45, 7) is 8.88. The minimum atomic E-state index is -3.70. The number of halogens is 1. The molecule has 1 aliphatic heterocycles. The van der Waals surface area contributed by atoms with Crippen LogP contribution in [0.4, 0.5) is 4.70 Å². The molecular formula is C40H45FN4O5S2. The molecule has 0 unspecified atom stereocenters. The standard InChI is InChI=1S/C20H22N2O3S.C19H18N2O2S.CH4.FH/c1-14-11-16(9-10-23)18(12-15(14)2)19-13-21-20(22(19)3)26(24,25)17-7-5-4-6-8-17;1-13-10-15-8-9-21-18(17(15)11-14(13)2)12-20-19(21)24(22,23)16-6-4-3-5-7-16;;/h4-8,11-13,23H,9-10H2,1-3H3;3-7,10-12H,8-9H2,1-2H3;1H4;1H. The first-order valence-electron chi connectivity index (χ1n) is 16.3. The number of fused-ring (bicyclic) bond motifs is 3. The molecular weight excluding hydrogens is 700 g/mol. The van der Waals surface area contributed by atoms with Crippen LogP contribution in [0, 0.1) is 27.7 Å². The molecule has 274 valence electrons. The smallest absolute Gasteiger partial charge is 0.240 e. The van der Waals surface area contributed by atoms with Crippen molar-refractivity contribution in [2.24, 2.45) is 7.05 Å². The van der Waals surface area contributed by atoms with E-state index in [0.717, 1.165) is 39.9 Å². The van der Waals surface area contributed by atoms with Crippen molar-refractivity contribution >= 4 is 19.7 Å². The number of hydrogen-bond donors (Lipinski definition) is 1. The fourth-order valence-corrected chi connectivity index (χ4v) is 9.08. The lowest BCUT2D eigenvalue weighted by Crippen LogP contribution is -2.17. The summed E-state index contributed by atoms with van der Waals surface area (Å²) < 4.78 is 55.1. The minimum absolute atomic E-state index is 0. The summed E-state index contributed by atoms with van der Waals surface area (Å²) in [5.41, 5.74) is 10.5. The number of aliphatic hydroxyl groups is 1. The maximum Gasteiger partial charge on any atom is 0.240 e. The maximum atomic E-state index is 12.9. The molecule has 3 heterocycles. The summed E-state index contributed by atoms with van der Waals surface area (Å²) in [7, 11) is -5.60. The molecule has 6 aromatic rings. The Morgan fingerprint density at radius 3 is 1.73 bits per heavy atom. The molecule has 2 aromatic heterocycles. The van der Waals surface area contributed by atoms with Gasteiger partial charge in [0.1, 0.15) is 0 Å². The first-order valence-corrected chi connectivity index (χ1v) is 19.3. The molecule has 52 heavy (non-hydrogen) atoms. The van der Waals surface area contributed by atoms with Crippen LogP contribution in [-0.2, 0) is 46.1 Å². The Morgan fingerprint density at radius 2 is 1.15 bits per heavy atom. The van der Waals surface area contributed by atoms with E-state index in [2.05, 4.69) is 35.9 Å². The molecule has 0 atom stereocenters. The molecule has 1 aliphatic rings. The van der Waals surface area contributed by atoms with Gasteiger partial charge in [0.2, 0.25) is 30.0 Å². The Kier molecular flexibility index (Phi) is 12.1. The fraction of sp³-hybridized carbons (Fsp3) is 0.250. The van der Waals surface area contributed by atoms with E-state index in [1.165, 1.54) is 16.7 Å². The van der Waals surface area contributed by atoms with Crippen LogP contribution in [0.1, 0.15) is 40.8 Å². The molecule has 1 N–H and O–H groups in total. The highest BCUT2D eigenvalue weighted by atomic mass is 32.2. The highest BCUT2D eigenvalue weighted by Gasteiger charge is 2.29. The minimum Gasteiger partial charge on any atom is -0.396 e. The van der Waals surface area contributed by atoms with Gasteiger partial charge in [-0.3, -0.25) is 4.70 Å². The van der Waals surface area contributed by atoms with Gasteiger partial charge in [0.15, 0.2) is 0 Å². The summed E-state index contributed by atoms with van der Waals surface area (Å²) in [5, 5.41) is 9.52. The Morgan fingerprint density at radius 1 is 0.673 bits per heavy atom. The molecule has 4 aromatic carbocycles. The molecule has 0 spiro atoms. The number of aryl methyl sites for hydroxylation is 5. The third-order valence-electron chi connectivity index (χ3n) is 9.33. The molecule has 12 heteroatoms. The quantitative estimate of drug-likeness (QED) is 0.181. The van der Waals surface area contributed by atoms with Crippen molar-refractivity contribution in [3.8, 4) is 22.5 Å². The van der Waals surface area contributed by atoms with Crippen molar-refractivity contribution in [1.82, 2.24) is 19.1 Å². The number of sulfone groups is 2. The van der Waals surface area contributed by atoms with Gasteiger partial charge < -0.3 is 14.2 Å². The van der Waals surface area contributed by atoms with E-state index in [9.17, 15) is 21.9 Å². The average Bonchev–Trinajstić information content (AvgIpc) is 3.73. The van der Waals surface area contributed by atoms with E-state index in [-0.39, 0.29) is 38.8 Å². The van der Waals surface area contributed by atoms with Gasteiger partial charge in [-0.1, -0.05) is 56.0 Å². The third kappa shape index (κ3) is 7.37. The van der Waals surface area contributed by atoms with Crippen molar-refractivity contribution in [1.29, 1.82) is 0 Å². The van der Waals surface area contributed by atoms with Crippen molar-refractivity contribution < 1.29 is 26.6 Å². The Labute approximate surface area is 305 Å². The van der Waals surface area contributed by atoms with E-state index >= 15 is 0 Å². The molecule has 9 nitrogen and oxygen atoms in total. The molecule has 0 fully saturated rings. The predicted octanol–water partition coefficient (Wildman–Crippen LogP) is 7.42. The zero-order chi connectivity index (χ0) is 35.8. The van der Waals surface area contributed by atoms with Crippen LogP contribution in [0.25, 0.3) is 22.5 Å². The number of benzene rings is 4. The summed E-state index contributed by atoms with van der Waals surface area (Å²) in [5.74, 6) is 0. The van der Waals surface area contributed by atoms with Gasteiger partial charge in [-0.25, -0.2) is 26.8 Å². The normalized spacial score (nSPS) is 12.0. The SMILES string of the molecule is C.Cc1cc(CCO)c(-c2cnc(S(=O)(=O)c3ccccc3)n2C)cc1C.Cc1cc2c(cc1C)-c1cnc(S(=O)(=O)c3ccccc3)n1CC2.F. The van der Waals surface area contributed by atoms with Crippen LogP contribution in [0.15, 0.2) is 117 Å². The van der Waals surface area contributed by atoms with E-state index in [0.29, 0.717) is 18.7 Å². The van der Waals surface area contributed by atoms with Crippen molar-refractivity contribution in [3.05, 3.63) is 131 Å². The van der Waals surface area contributed by atoms with Crippen molar-refractivity contribution in [3.63, 3.8) is 0 Å². The molecule has 0 bridgehead atoms. The topological polar surface area (TPSA) is 124 Å². The van der Waals surface area contributed by atoms with Gasteiger partial charge in [-0.2, -0.15) is 0 Å². The van der Waals surface area contributed by atoms with Gasteiger partial charge in [-0.15, -0.1) is 0 Å². The van der Waals surface area contributed by atoms with E-state index in [4.69, 9.17) is 0 Å². The van der Waals surface area contributed by atoms with Crippen molar-refractivity contribution in [2.75, 3.05) is 6.61 Å². The first kappa shape index (κ1) is 39.9. The van der Waals surface area contributed by atoms with Gasteiger partial charge >= 0.3 is 0 Å². The number of aliphatic hydroxyl groups excluding tert-OH is 1. The molecule has 0 saturated carbocycles. The van der Waals surface area contributed by atoms with Crippen LogP contribution in [0.5, 0.6) is 0 Å². The zero-order valence-corrected chi connectivity index (χ0v) is 30.8. The number of nitrogens with zero attached hydrogens (tertiary/aromatic N) is 4. The fourth-order valence-electron chi connectivity index (χ4n) is 6.30. The summed E-state index contributed by atoms with van der Waals surface area (Å²) in [4.78, 5) is 8.98. The van der Waals surface area contributed by atoms with Gasteiger partial charge in [-0.05, 0) is 110 Å². The number of hydrogen-bond acceptors (Lipinski definition) is 7. The number of rotatable bonds is 7. The van der Waals surface area contributed by atoms with E-state index in [1.807, 2.05) is 30.5 Å².